The molecule has 0 saturated heterocycles. The fourth-order valence-corrected chi connectivity index (χ4v) is 5.99. The van der Waals surface area contributed by atoms with E-state index >= 15 is 0 Å². The summed E-state index contributed by atoms with van der Waals surface area (Å²) >= 11 is 0. The summed E-state index contributed by atoms with van der Waals surface area (Å²) in [7, 11) is -3.37. The largest absolute Gasteiger partial charge is 0.320 e. The zero-order valence-corrected chi connectivity index (χ0v) is 20.9. The van der Waals surface area contributed by atoms with Crippen LogP contribution >= 0.6 is 0 Å². The summed E-state index contributed by atoms with van der Waals surface area (Å²) in [4.78, 5) is 0. The lowest BCUT2D eigenvalue weighted by Gasteiger charge is -2.37. The van der Waals surface area contributed by atoms with Crippen LogP contribution in [0.25, 0.3) is 0 Å². The van der Waals surface area contributed by atoms with E-state index in [0.717, 1.165) is 43.5 Å². The summed E-state index contributed by atoms with van der Waals surface area (Å²) < 4.78 is 29.1. The third-order valence-corrected chi connectivity index (χ3v) is 8.32. The Balaban J connectivity index is 2.67. The molecule has 29 heavy (non-hydrogen) atoms. The average Bonchev–Trinajstić information content (AvgIpc) is 2.59. The Morgan fingerprint density at radius 3 is 2.03 bits per heavy atom. The van der Waals surface area contributed by atoms with Crippen LogP contribution < -0.4 is 4.72 Å². The summed E-state index contributed by atoms with van der Waals surface area (Å²) in [6, 6.07) is 10.6. The maximum absolute atomic E-state index is 12.9. The lowest BCUT2D eigenvalue weighted by atomic mass is 9.86. The molecule has 0 amide bonds. The molecule has 1 rings (SSSR count). The van der Waals surface area contributed by atoms with Crippen LogP contribution in [0.3, 0.4) is 0 Å². The third-order valence-electron chi connectivity index (χ3n) is 6.01. The van der Waals surface area contributed by atoms with Gasteiger partial charge in [0.1, 0.15) is 6.54 Å². The van der Waals surface area contributed by atoms with Gasteiger partial charge in [0.05, 0.1) is 24.4 Å². The Morgan fingerprint density at radius 1 is 1.00 bits per heavy atom. The van der Waals surface area contributed by atoms with Gasteiger partial charge in [-0.1, -0.05) is 51.1 Å². The highest BCUT2D eigenvalue weighted by Gasteiger charge is 2.38. The van der Waals surface area contributed by atoms with Crippen molar-refractivity contribution in [2.75, 3.05) is 19.6 Å². The summed E-state index contributed by atoms with van der Waals surface area (Å²) in [5.41, 5.74) is 1.34. The second-order valence-corrected chi connectivity index (χ2v) is 12.9. The molecule has 1 atom stereocenters. The summed E-state index contributed by atoms with van der Waals surface area (Å²) in [6.07, 6.45) is 2.50. The van der Waals surface area contributed by atoms with Crippen LogP contribution in [0.2, 0.25) is 0 Å². The first-order valence-electron chi connectivity index (χ1n) is 11.2. The van der Waals surface area contributed by atoms with Gasteiger partial charge < -0.3 is 4.48 Å². The highest BCUT2D eigenvalue weighted by Crippen LogP contribution is 2.32. The molecular formula is C24H45N2O2S+. The normalized spacial score (nSPS) is 14.8. The molecule has 0 heterocycles. The molecule has 0 saturated carbocycles. The predicted molar refractivity (Wildman–Crippen MR) is 125 cm³/mol. The number of sulfonamides is 1. The second kappa shape index (κ2) is 10.4. The minimum absolute atomic E-state index is 0.0295. The van der Waals surface area contributed by atoms with E-state index in [1.807, 2.05) is 20.8 Å². The van der Waals surface area contributed by atoms with Gasteiger partial charge in [-0.05, 0) is 59.3 Å². The molecule has 0 aromatic heterocycles. The second-order valence-electron chi connectivity index (χ2n) is 10.5. The number of hydrogen-bond donors (Lipinski definition) is 1. The molecule has 1 unspecified atom stereocenters. The fraction of sp³-hybridized carbons (Fsp3) is 0.750. The molecule has 1 aromatic carbocycles. The van der Waals surface area contributed by atoms with E-state index in [1.54, 1.807) is 0 Å². The topological polar surface area (TPSA) is 46.2 Å². The molecule has 5 heteroatoms. The van der Waals surface area contributed by atoms with Crippen molar-refractivity contribution in [2.24, 2.45) is 5.41 Å². The van der Waals surface area contributed by atoms with Crippen LogP contribution in [0.15, 0.2) is 30.3 Å². The van der Waals surface area contributed by atoms with E-state index in [9.17, 15) is 8.42 Å². The third kappa shape index (κ3) is 8.39. The van der Waals surface area contributed by atoms with Crippen molar-refractivity contribution in [3.05, 3.63) is 35.9 Å². The van der Waals surface area contributed by atoms with Crippen molar-refractivity contribution in [1.29, 1.82) is 0 Å². The van der Waals surface area contributed by atoms with Gasteiger partial charge in [0.2, 0.25) is 10.0 Å². The van der Waals surface area contributed by atoms with Crippen LogP contribution in [0.5, 0.6) is 0 Å². The lowest BCUT2D eigenvalue weighted by Crippen LogP contribution is -2.49. The van der Waals surface area contributed by atoms with E-state index in [0.29, 0.717) is 6.42 Å². The van der Waals surface area contributed by atoms with Crippen LogP contribution in [-0.4, -0.2) is 43.3 Å². The number of benzene rings is 1. The van der Waals surface area contributed by atoms with Crippen molar-refractivity contribution in [3.63, 3.8) is 0 Å². The smallest absolute Gasteiger partial charge is 0.217 e. The molecular weight excluding hydrogens is 380 g/mol. The van der Waals surface area contributed by atoms with Crippen molar-refractivity contribution < 1.29 is 12.9 Å². The number of nitrogens with one attached hydrogen (secondary N) is 1. The molecule has 1 N–H and O–H groups in total. The maximum Gasteiger partial charge on any atom is 0.217 e. The van der Waals surface area contributed by atoms with E-state index in [2.05, 4.69) is 69.7 Å². The van der Waals surface area contributed by atoms with Gasteiger partial charge in [-0.15, -0.1) is 0 Å². The molecule has 168 valence electrons. The van der Waals surface area contributed by atoms with Crippen LogP contribution in [-0.2, 0) is 16.6 Å². The van der Waals surface area contributed by atoms with Gasteiger partial charge in [-0.3, -0.25) is 0 Å². The van der Waals surface area contributed by atoms with E-state index in [-0.39, 0.29) is 11.5 Å². The van der Waals surface area contributed by atoms with E-state index < -0.39 is 14.8 Å². The highest BCUT2D eigenvalue weighted by molar-refractivity contribution is 7.90. The number of hydrogen-bond acceptors (Lipinski definition) is 2. The van der Waals surface area contributed by atoms with Crippen molar-refractivity contribution >= 4 is 10.0 Å². The van der Waals surface area contributed by atoms with Crippen molar-refractivity contribution in [2.45, 2.75) is 92.0 Å². The number of rotatable bonds is 12. The molecule has 0 aliphatic heterocycles. The van der Waals surface area contributed by atoms with Crippen molar-refractivity contribution in [3.8, 4) is 0 Å². The standard InChI is InChI=1S/C24H45N2O2S/c1-9-26(10-2,19-22-16-12-11-13-17-22)18-14-15-21(3)25-29(27,28)24(7,8)20-23(4,5)6/h11-13,16-17,21,25H,9-10,14-15,18-20H2,1-8H3/q+1. The predicted octanol–water partition coefficient (Wildman–Crippen LogP) is 5.35. The van der Waals surface area contributed by atoms with Crippen LogP contribution in [0, 0.1) is 5.41 Å². The first-order valence-corrected chi connectivity index (χ1v) is 12.6. The minimum atomic E-state index is -3.37. The Morgan fingerprint density at radius 2 is 1.55 bits per heavy atom. The van der Waals surface area contributed by atoms with Crippen LogP contribution in [0.4, 0.5) is 0 Å². The molecule has 0 fully saturated rings. The molecule has 0 radical (unpaired) electrons. The molecule has 0 spiro atoms. The van der Waals surface area contributed by atoms with E-state index in [1.165, 1.54) is 5.56 Å². The zero-order chi connectivity index (χ0) is 22.3. The molecule has 0 bridgehead atoms. The zero-order valence-electron chi connectivity index (χ0n) is 20.1. The molecule has 0 aliphatic rings. The summed E-state index contributed by atoms with van der Waals surface area (Å²) in [6.45, 7) is 20.7. The van der Waals surface area contributed by atoms with Gasteiger partial charge in [-0.2, -0.15) is 0 Å². The summed E-state index contributed by atoms with van der Waals surface area (Å²) in [5.74, 6) is 0. The fourth-order valence-electron chi connectivity index (χ4n) is 4.40. The Labute approximate surface area is 180 Å². The van der Waals surface area contributed by atoms with Gasteiger partial charge >= 0.3 is 0 Å². The average molecular weight is 426 g/mol. The molecule has 4 nitrogen and oxygen atoms in total. The van der Waals surface area contributed by atoms with Gasteiger partial charge in [0.15, 0.2) is 0 Å². The maximum atomic E-state index is 12.9. The van der Waals surface area contributed by atoms with Gasteiger partial charge in [0, 0.05) is 11.6 Å². The van der Waals surface area contributed by atoms with Crippen LogP contribution in [0.1, 0.15) is 80.2 Å². The van der Waals surface area contributed by atoms with Gasteiger partial charge in [-0.25, -0.2) is 13.1 Å². The van der Waals surface area contributed by atoms with Crippen molar-refractivity contribution in [1.82, 2.24) is 4.72 Å². The Bertz CT molecular complexity index is 702. The Kier molecular flexibility index (Phi) is 9.38. The number of nitrogens with zero attached hydrogens (tertiary/aromatic N) is 1. The first-order chi connectivity index (χ1) is 13.3. The number of quaternary nitrogens is 1. The van der Waals surface area contributed by atoms with Gasteiger partial charge in [0.25, 0.3) is 0 Å². The Hall–Kier alpha value is -0.910. The summed E-state index contributed by atoms with van der Waals surface area (Å²) in [5, 5.41) is 0. The quantitative estimate of drug-likeness (QED) is 0.459. The molecule has 0 aliphatic carbocycles. The highest BCUT2D eigenvalue weighted by atomic mass is 32.2. The SMILES string of the molecule is CC[N+](CC)(CCCC(C)NS(=O)(=O)C(C)(C)CC(C)(C)C)Cc1ccccc1. The monoisotopic (exact) mass is 425 g/mol. The lowest BCUT2D eigenvalue weighted by molar-refractivity contribution is -0.938. The first kappa shape index (κ1) is 26.1. The van der Waals surface area contributed by atoms with E-state index in [4.69, 9.17) is 0 Å². The molecule has 1 aromatic rings. The minimum Gasteiger partial charge on any atom is -0.320 e.